The smallest absolute Gasteiger partial charge is 0.0380 e. The van der Waals surface area contributed by atoms with E-state index in [1.165, 1.54) is 21.2 Å². The van der Waals surface area contributed by atoms with Crippen molar-refractivity contribution in [2.24, 2.45) is 5.92 Å². The van der Waals surface area contributed by atoms with Gasteiger partial charge in [-0.1, -0.05) is 19.9 Å². The summed E-state index contributed by atoms with van der Waals surface area (Å²) in [6.45, 7) is 7.72. The fourth-order valence-electron chi connectivity index (χ4n) is 1.28. The fourth-order valence-corrected chi connectivity index (χ4v) is 1.77. The van der Waals surface area contributed by atoms with E-state index in [0.717, 1.165) is 12.5 Å². The first-order valence-corrected chi connectivity index (χ1v) is 6.17. The predicted octanol–water partition coefficient (Wildman–Crippen LogP) is 4.06. The van der Waals surface area contributed by atoms with Gasteiger partial charge in [0.2, 0.25) is 0 Å². The van der Waals surface area contributed by atoms with Crippen LogP contribution < -0.4 is 5.32 Å². The molecule has 78 valence electrons. The molecule has 0 unspecified atom stereocenters. The van der Waals surface area contributed by atoms with Crippen LogP contribution in [0, 0.1) is 16.4 Å². The van der Waals surface area contributed by atoms with Gasteiger partial charge in [-0.25, -0.2) is 0 Å². The quantitative estimate of drug-likeness (QED) is 0.827. The minimum absolute atomic E-state index is 0.769. The van der Waals surface area contributed by atoms with Gasteiger partial charge < -0.3 is 5.32 Å². The Morgan fingerprint density at radius 1 is 1.36 bits per heavy atom. The summed E-state index contributed by atoms with van der Waals surface area (Å²) in [5, 5.41) is 3.48. The van der Waals surface area contributed by atoms with E-state index in [4.69, 9.17) is 0 Å². The predicted molar refractivity (Wildman–Crippen MR) is 71.8 cm³/mol. The highest BCUT2D eigenvalue weighted by atomic mass is 127. The third-order valence-electron chi connectivity index (χ3n) is 2.24. The molecule has 0 heterocycles. The number of rotatable bonds is 4. The summed E-state index contributed by atoms with van der Waals surface area (Å²) >= 11 is 2.35. The molecule has 0 spiro atoms. The van der Waals surface area contributed by atoms with Crippen molar-refractivity contribution in [2.75, 3.05) is 11.9 Å². The molecule has 0 amide bonds. The number of benzene rings is 1. The highest BCUT2D eigenvalue weighted by Gasteiger charge is 1.99. The number of aryl methyl sites for hydroxylation is 1. The molecule has 1 rings (SSSR count). The molecule has 0 fully saturated rings. The second kappa shape index (κ2) is 5.59. The molecule has 0 atom stereocenters. The highest BCUT2D eigenvalue weighted by Crippen LogP contribution is 2.18. The van der Waals surface area contributed by atoms with Gasteiger partial charge in [-0.2, -0.15) is 0 Å². The van der Waals surface area contributed by atoms with Crippen molar-refractivity contribution < 1.29 is 0 Å². The minimum Gasteiger partial charge on any atom is -0.385 e. The molecule has 2 heteroatoms. The molecule has 0 aliphatic heterocycles. The van der Waals surface area contributed by atoms with E-state index in [-0.39, 0.29) is 0 Å². The molecule has 1 N–H and O–H groups in total. The SMILES string of the molecule is Cc1ccc(I)cc1NCCC(C)C. The lowest BCUT2D eigenvalue weighted by molar-refractivity contribution is 0.607. The molecule has 1 aromatic carbocycles. The Bertz CT molecular complexity index is 294. The molecular weight excluding hydrogens is 285 g/mol. The van der Waals surface area contributed by atoms with Gasteiger partial charge in [0.15, 0.2) is 0 Å². The van der Waals surface area contributed by atoms with E-state index >= 15 is 0 Å². The van der Waals surface area contributed by atoms with Crippen molar-refractivity contribution in [3.8, 4) is 0 Å². The molecule has 0 aliphatic carbocycles. The van der Waals surface area contributed by atoms with Gasteiger partial charge in [0.25, 0.3) is 0 Å². The molecule has 0 aliphatic rings. The van der Waals surface area contributed by atoms with Crippen LogP contribution in [0.5, 0.6) is 0 Å². The van der Waals surface area contributed by atoms with Crippen molar-refractivity contribution in [2.45, 2.75) is 27.2 Å². The molecule has 0 saturated heterocycles. The van der Waals surface area contributed by atoms with Gasteiger partial charge in [0.1, 0.15) is 0 Å². The van der Waals surface area contributed by atoms with E-state index in [9.17, 15) is 0 Å². The van der Waals surface area contributed by atoms with Crippen LogP contribution in [0.25, 0.3) is 0 Å². The summed E-state index contributed by atoms with van der Waals surface area (Å²) in [5.74, 6) is 0.769. The van der Waals surface area contributed by atoms with Crippen LogP contribution in [0.2, 0.25) is 0 Å². The standard InChI is InChI=1S/C12H18IN/c1-9(2)6-7-14-12-8-11(13)5-4-10(12)3/h4-5,8-9,14H,6-7H2,1-3H3. The molecule has 0 radical (unpaired) electrons. The lowest BCUT2D eigenvalue weighted by atomic mass is 10.1. The third kappa shape index (κ3) is 3.86. The highest BCUT2D eigenvalue weighted by molar-refractivity contribution is 14.1. The van der Waals surface area contributed by atoms with E-state index in [1.807, 2.05) is 0 Å². The monoisotopic (exact) mass is 303 g/mol. The first-order valence-electron chi connectivity index (χ1n) is 5.09. The maximum Gasteiger partial charge on any atom is 0.0380 e. The molecule has 0 aromatic heterocycles. The van der Waals surface area contributed by atoms with Gasteiger partial charge in [-0.05, 0) is 59.5 Å². The van der Waals surface area contributed by atoms with E-state index in [1.54, 1.807) is 0 Å². The summed E-state index contributed by atoms with van der Waals surface area (Å²) in [4.78, 5) is 0. The zero-order valence-electron chi connectivity index (χ0n) is 9.10. The largest absolute Gasteiger partial charge is 0.385 e. The average Bonchev–Trinajstić information content (AvgIpc) is 2.10. The minimum atomic E-state index is 0.769. The number of anilines is 1. The summed E-state index contributed by atoms with van der Waals surface area (Å²) in [6.07, 6.45) is 1.23. The van der Waals surface area contributed by atoms with Crippen molar-refractivity contribution in [1.29, 1.82) is 0 Å². The maximum absolute atomic E-state index is 3.48. The number of nitrogens with one attached hydrogen (secondary N) is 1. The molecule has 14 heavy (non-hydrogen) atoms. The lowest BCUT2D eigenvalue weighted by Gasteiger charge is -2.11. The normalized spacial score (nSPS) is 10.6. The first-order chi connectivity index (χ1) is 6.59. The lowest BCUT2D eigenvalue weighted by Crippen LogP contribution is -2.05. The summed E-state index contributed by atoms with van der Waals surface area (Å²) in [5.41, 5.74) is 2.60. The Morgan fingerprint density at radius 2 is 2.07 bits per heavy atom. The summed E-state index contributed by atoms with van der Waals surface area (Å²) in [6, 6.07) is 6.51. The molecule has 1 nitrogen and oxygen atoms in total. The number of hydrogen-bond acceptors (Lipinski definition) is 1. The fraction of sp³-hybridized carbons (Fsp3) is 0.500. The Hall–Kier alpha value is -0.250. The number of hydrogen-bond donors (Lipinski definition) is 1. The maximum atomic E-state index is 3.48. The van der Waals surface area contributed by atoms with E-state index in [2.05, 4.69) is 66.9 Å². The van der Waals surface area contributed by atoms with Gasteiger partial charge >= 0.3 is 0 Å². The zero-order chi connectivity index (χ0) is 10.6. The Kier molecular flexibility index (Phi) is 4.72. The van der Waals surface area contributed by atoms with Gasteiger partial charge in [-0.3, -0.25) is 0 Å². The van der Waals surface area contributed by atoms with Crippen LogP contribution in [0.1, 0.15) is 25.8 Å². The van der Waals surface area contributed by atoms with Gasteiger partial charge in [0, 0.05) is 15.8 Å². The van der Waals surface area contributed by atoms with Crippen LogP contribution in [-0.4, -0.2) is 6.54 Å². The Balaban J connectivity index is 2.53. The summed E-state index contributed by atoms with van der Waals surface area (Å²) < 4.78 is 1.29. The van der Waals surface area contributed by atoms with Gasteiger partial charge in [0.05, 0.1) is 0 Å². The van der Waals surface area contributed by atoms with Crippen LogP contribution in [0.4, 0.5) is 5.69 Å². The Morgan fingerprint density at radius 3 is 2.71 bits per heavy atom. The zero-order valence-corrected chi connectivity index (χ0v) is 11.3. The van der Waals surface area contributed by atoms with Crippen molar-refractivity contribution >= 4 is 28.3 Å². The van der Waals surface area contributed by atoms with E-state index < -0.39 is 0 Å². The average molecular weight is 303 g/mol. The third-order valence-corrected chi connectivity index (χ3v) is 2.91. The van der Waals surface area contributed by atoms with Crippen LogP contribution in [0.15, 0.2) is 18.2 Å². The van der Waals surface area contributed by atoms with Crippen molar-refractivity contribution in [3.05, 3.63) is 27.3 Å². The topological polar surface area (TPSA) is 12.0 Å². The van der Waals surface area contributed by atoms with E-state index in [0.29, 0.717) is 0 Å². The number of halogens is 1. The molecule has 0 saturated carbocycles. The second-order valence-corrected chi connectivity index (χ2v) is 5.31. The van der Waals surface area contributed by atoms with Crippen LogP contribution in [-0.2, 0) is 0 Å². The first kappa shape index (κ1) is 11.8. The van der Waals surface area contributed by atoms with Crippen LogP contribution >= 0.6 is 22.6 Å². The molecule has 0 bridgehead atoms. The second-order valence-electron chi connectivity index (χ2n) is 4.07. The summed E-state index contributed by atoms with van der Waals surface area (Å²) in [7, 11) is 0. The van der Waals surface area contributed by atoms with Crippen molar-refractivity contribution in [3.63, 3.8) is 0 Å². The van der Waals surface area contributed by atoms with Crippen LogP contribution in [0.3, 0.4) is 0 Å². The Labute approximate surface area is 100 Å². The molecule has 1 aromatic rings. The van der Waals surface area contributed by atoms with Crippen molar-refractivity contribution in [1.82, 2.24) is 0 Å². The van der Waals surface area contributed by atoms with Gasteiger partial charge in [-0.15, -0.1) is 0 Å². The molecular formula is C12H18IN.